The first-order valence-electron chi connectivity index (χ1n) is 7.68. The van der Waals surface area contributed by atoms with Gasteiger partial charge in [0.1, 0.15) is 5.82 Å². The minimum Gasteiger partial charge on any atom is -0.352 e. The van der Waals surface area contributed by atoms with Crippen LogP contribution in [0.15, 0.2) is 5.16 Å². The van der Waals surface area contributed by atoms with E-state index in [9.17, 15) is 4.79 Å². The number of nitrogens with zero attached hydrogens (tertiary/aromatic N) is 3. The smallest absolute Gasteiger partial charge is 0.233 e. The zero-order valence-corrected chi connectivity index (χ0v) is 13.7. The Kier molecular flexibility index (Phi) is 6.05. The van der Waals surface area contributed by atoms with Crippen LogP contribution in [0.2, 0.25) is 0 Å². The largest absolute Gasteiger partial charge is 0.352 e. The quantitative estimate of drug-likeness (QED) is 0.777. The van der Waals surface area contributed by atoms with Gasteiger partial charge in [-0.25, -0.2) is 0 Å². The third-order valence-corrected chi connectivity index (χ3v) is 4.94. The Morgan fingerprint density at radius 1 is 1.43 bits per heavy atom. The lowest BCUT2D eigenvalue weighted by atomic mass is 9.95. The highest BCUT2D eigenvalue weighted by Gasteiger charge is 2.22. The van der Waals surface area contributed by atoms with Crippen molar-refractivity contribution in [3.63, 3.8) is 0 Å². The first-order valence-corrected chi connectivity index (χ1v) is 8.56. The third kappa shape index (κ3) is 4.44. The van der Waals surface area contributed by atoms with Gasteiger partial charge in [-0.3, -0.25) is 4.79 Å². The van der Waals surface area contributed by atoms with E-state index in [2.05, 4.69) is 15.5 Å². The number of nitrogens with two attached hydrogens (primary N) is 1. The second-order valence-corrected chi connectivity index (χ2v) is 6.88. The Labute approximate surface area is 130 Å². The van der Waals surface area contributed by atoms with Gasteiger partial charge in [0.2, 0.25) is 5.91 Å². The molecule has 3 N–H and O–H groups in total. The van der Waals surface area contributed by atoms with Crippen molar-refractivity contribution in [1.82, 2.24) is 20.1 Å². The number of amides is 1. The van der Waals surface area contributed by atoms with Gasteiger partial charge in [-0.05, 0) is 26.7 Å². The monoisotopic (exact) mass is 311 g/mol. The summed E-state index contributed by atoms with van der Waals surface area (Å²) in [5.41, 5.74) is 5.61. The van der Waals surface area contributed by atoms with Crippen molar-refractivity contribution in [3.05, 3.63) is 5.82 Å². The highest BCUT2D eigenvalue weighted by Crippen LogP contribution is 2.23. The van der Waals surface area contributed by atoms with Crippen LogP contribution in [-0.4, -0.2) is 38.5 Å². The van der Waals surface area contributed by atoms with E-state index in [4.69, 9.17) is 5.73 Å². The van der Waals surface area contributed by atoms with Crippen LogP contribution in [0.3, 0.4) is 0 Å². The number of carbonyl (C=O) groups excluding carboxylic acids is 1. The number of nitrogens with one attached hydrogen (secondary N) is 1. The molecule has 0 aliphatic heterocycles. The minimum absolute atomic E-state index is 0.0897. The van der Waals surface area contributed by atoms with E-state index < -0.39 is 0 Å². The SMILES string of the molecule is Cc1nnc(SC(C)C(=O)NC2CCCCC2)n1CCN. The van der Waals surface area contributed by atoms with Crippen molar-refractivity contribution in [1.29, 1.82) is 0 Å². The van der Waals surface area contributed by atoms with Crippen LogP contribution in [0.1, 0.15) is 44.9 Å². The fraction of sp³-hybridized carbons (Fsp3) is 0.786. The highest BCUT2D eigenvalue weighted by molar-refractivity contribution is 8.00. The van der Waals surface area contributed by atoms with Crippen molar-refractivity contribution < 1.29 is 4.79 Å². The molecule has 1 unspecified atom stereocenters. The molecule has 7 heteroatoms. The second-order valence-electron chi connectivity index (χ2n) is 5.57. The van der Waals surface area contributed by atoms with Crippen LogP contribution in [0.25, 0.3) is 0 Å². The van der Waals surface area contributed by atoms with E-state index in [-0.39, 0.29) is 11.2 Å². The number of carbonyl (C=O) groups is 1. The first kappa shape index (κ1) is 16.3. The summed E-state index contributed by atoms with van der Waals surface area (Å²) in [6.07, 6.45) is 5.93. The molecule has 2 rings (SSSR count). The Bertz CT molecular complexity index is 470. The Hall–Kier alpha value is -1.08. The topological polar surface area (TPSA) is 85.8 Å². The van der Waals surface area contributed by atoms with Crippen molar-refractivity contribution in [3.8, 4) is 0 Å². The average molecular weight is 311 g/mol. The molecular weight excluding hydrogens is 286 g/mol. The summed E-state index contributed by atoms with van der Waals surface area (Å²) in [4.78, 5) is 12.3. The standard InChI is InChI=1S/C14H25N5OS/c1-10(13(20)16-12-6-4-3-5-7-12)21-14-18-17-11(2)19(14)9-8-15/h10,12H,3-9,15H2,1-2H3,(H,16,20). The molecule has 0 spiro atoms. The first-order chi connectivity index (χ1) is 10.1. The fourth-order valence-corrected chi connectivity index (χ4v) is 3.54. The number of thioether (sulfide) groups is 1. The number of rotatable bonds is 6. The zero-order chi connectivity index (χ0) is 15.2. The van der Waals surface area contributed by atoms with E-state index in [0.717, 1.165) is 23.8 Å². The van der Waals surface area contributed by atoms with Crippen LogP contribution >= 0.6 is 11.8 Å². The molecule has 1 heterocycles. The summed E-state index contributed by atoms with van der Waals surface area (Å²) < 4.78 is 1.97. The summed E-state index contributed by atoms with van der Waals surface area (Å²) in [6, 6.07) is 0.345. The molecule has 0 radical (unpaired) electrons. The number of hydrogen-bond donors (Lipinski definition) is 2. The summed E-state index contributed by atoms with van der Waals surface area (Å²) >= 11 is 1.45. The Balaban J connectivity index is 1.90. The summed E-state index contributed by atoms with van der Waals surface area (Å²) in [5, 5.41) is 12.0. The summed E-state index contributed by atoms with van der Waals surface area (Å²) in [6.45, 7) is 5.03. The lowest BCUT2D eigenvalue weighted by Gasteiger charge is -2.24. The summed E-state index contributed by atoms with van der Waals surface area (Å²) in [5.74, 6) is 0.926. The van der Waals surface area contributed by atoms with Gasteiger partial charge in [0.15, 0.2) is 5.16 Å². The molecule has 1 amide bonds. The van der Waals surface area contributed by atoms with Crippen molar-refractivity contribution in [2.24, 2.45) is 5.73 Å². The summed E-state index contributed by atoms with van der Waals surface area (Å²) in [7, 11) is 0. The highest BCUT2D eigenvalue weighted by atomic mass is 32.2. The van der Waals surface area contributed by atoms with Gasteiger partial charge in [-0.15, -0.1) is 10.2 Å². The van der Waals surface area contributed by atoms with Gasteiger partial charge in [0, 0.05) is 19.1 Å². The third-order valence-electron chi connectivity index (χ3n) is 3.86. The van der Waals surface area contributed by atoms with E-state index in [1.54, 1.807) is 0 Å². The van der Waals surface area contributed by atoms with Crippen LogP contribution in [-0.2, 0) is 11.3 Å². The van der Waals surface area contributed by atoms with Crippen LogP contribution in [0.5, 0.6) is 0 Å². The molecule has 21 heavy (non-hydrogen) atoms. The lowest BCUT2D eigenvalue weighted by molar-refractivity contribution is -0.121. The van der Waals surface area contributed by atoms with Crippen molar-refractivity contribution in [2.75, 3.05) is 6.54 Å². The molecule has 0 bridgehead atoms. The molecule has 1 aromatic heterocycles. The van der Waals surface area contributed by atoms with E-state index >= 15 is 0 Å². The van der Waals surface area contributed by atoms with E-state index in [1.165, 1.54) is 31.0 Å². The van der Waals surface area contributed by atoms with Gasteiger partial charge in [0.25, 0.3) is 0 Å². The molecule has 1 aromatic rings. The van der Waals surface area contributed by atoms with Crippen molar-refractivity contribution >= 4 is 17.7 Å². The molecule has 1 aliphatic carbocycles. The van der Waals surface area contributed by atoms with Gasteiger partial charge in [0.05, 0.1) is 5.25 Å². The molecule has 1 aliphatic rings. The predicted octanol–water partition coefficient (Wildman–Crippen LogP) is 1.47. The van der Waals surface area contributed by atoms with Crippen molar-refractivity contribution in [2.45, 2.75) is 68.9 Å². The molecule has 6 nitrogen and oxygen atoms in total. The molecule has 1 fully saturated rings. The van der Waals surface area contributed by atoms with Gasteiger partial charge >= 0.3 is 0 Å². The molecule has 0 aromatic carbocycles. The van der Waals surface area contributed by atoms with E-state index in [0.29, 0.717) is 19.1 Å². The van der Waals surface area contributed by atoms with Crippen LogP contribution < -0.4 is 11.1 Å². The number of aromatic nitrogens is 3. The minimum atomic E-state index is -0.174. The van der Waals surface area contributed by atoms with E-state index in [1.807, 2.05) is 18.4 Å². The molecular formula is C14H25N5OS. The van der Waals surface area contributed by atoms with Gasteiger partial charge < -0.3 is 15.6 Å². The zero-order valence-electron chi connectivity index (χ0n) is 12.8. The normalized spacial score (nSPS) is 17.7. The molecule has 118 valence electrons. The predicted molar refractivity (Wildman–Crippen MR) is 84.1 cm³/mol. The average Bonchev–Trinajstić information content (AvgIpc) is 2.82. The maximum Gasteiger partial charge on any atom is 0.233 e. The van der Waals surface area contributed by atoms with Gasteiger partial charge in [-0.1, -0.05) is 31.0 Å². The molecule has 1 atom stereocenters. The number of hydrogen-bond acceptors (Lipinski definition) is 5. The number of aryl methyl sites for hydroxylation is 1. The fourth-order valence-electron chi connectivity index (χ4n) is 2.61. The lowest BCUT2D eigenvalue weighted by Crippen LogP contribution is -2.40. The maximum absolute atomic E-state index is 12.3. The Morgan fingerprint density at radius 2 is 2.14 bits per heavy atom. The van der Waals surface area contributed by atoms with Crippen LogP contribution in [0, 0.1) is 6.92 Å². The maximum atomic E-state index is 12.3. The Morgan fingerprint density at radius 3 is 2.81 bits per heavy atom. The molecule has 1 saturated carbocycles. The second kappa shape index (κ2) is 7.79. The van der Waals surface area contributed by atoms with Gasteiger partial charge in [-0.2, -0.15) is 0 Å². The van der Waals surface area contributed by atoms with Crippen LogP contribution in [0.4, 0.5) is 0 Å². The molecule has 0 saturated heterocycles.